The van der Waals surface area contributed by atoms with Crippen LogP contribution in [-0.2, 0) is 0 Å². The third-order valence-electron chi connectivity index (χ3n) is 3.28. The standard InChI is InChI=1S/C14H19N3O2/c1-2-17-7-5-11(6-8-17)9-12-3-4-13(16-10-12)19-14(15)18/h3-4,9-10H,2,5-8H2,1H3,(H2,15,18). The molecule has 19 heavy (non-hydrogen) atoms. The number of nitrogens with zero attached hydrogens (tertiary/aromatic N) is 2. The van der Waals surface area contributed by atoms with E-state index in [2.05, 4.69) is 27.6 Å². The second-order valence-electron chi connectivity index (χ2n) is 4.59. The molecule has 0 saturated carbocycles. The van der Waals surface area contributed by atoms with Gasteiger partial charge in [-0.05, 0) is 31.0 Å². The number of ether oxygens (including phenoxy) is 1. The highest BCUT2D eigenvalue weighted by atomic mass is 16.6. The highest BCUT2D eigenvalue weighted by Crippen LogP contribution is 2.19. The lowest BCUT2D eigenvalue weighted by Gasteiger charge is -2.26. The Labute approximate surface area is 113 Å². The predicted molar refractivity (Wildman–Crippen MR) is 73.8 cm³/mol. The zero-order valence-corrected chi connectivity index (χ0v) is 11.1. The highest BCUT2D eigenvalue weighted by molar-refractivity contribution is 5.67. The fourth-order valence-electron chi connectivity index (χ4n) is 2.18. The van der Waals surface area contributed by atoms with Crippen molar-refractivity contribution >= 4 is 12.2 Å². The van der Waals surface area contributed by atoms with E-state index in [1.165, 1.54) is 5.57 Å². The molecule has 102 valence electrons. The van der Waals surface area contributed by atoms with Crippen molar-refractivity contribution in [2.24, 2.45) is 5.73 Å². The number of aromatic nitrogens is 1. The normalized spacial score (nSPS) is 16.2. The Kier molecular flexibility index (Phi) is 4.52. The van der Waals surface area contributed by atoms with E-state index >= 15 is 0 Å². The molecule has 0 atom stereocenters. The van der Waals surface area contributed by atoms with Gasteiger partial charge in [0, 0.05) is 25.4 Å². The summed E-state index contributed by atoms with van der Waals surface area (Å²) in [5.74, 6) is 0.232. The van der Waals surface area contributed by atoms with E-state index < -0.39 is 6.09 Å². The minimum atomic E-state index is -0.842. The lowest BCUT2D eigenvalue weighted by atomic mass is 10.0. The van der Waals surface area contributed by atoms with Gasteiger partial charge in [-0.15, -0.1) is 0 Å². The second kappa shape index (κ2) is 6.33. The molecule has 0 aromatic carbocycles. The van der Waals surface area contributed by atoms with Crippen LogP contribution in [0.15, 0.2) is 23.9 Å². The number of pyridine rings is 1. The monoisotopic (exact) mass is 261 g/mol. The molecule has 2 N–H and O–H groups in total. The molecular weight excluding hydrogens is 242 g/mol. The summed E-state index contributed by atoms with van der Waals surface area (Å²) in [6, 6.07) is 3.53. The summed E-state index contributed by atoms with van der Waals surface area (Å²) in [6.45, 7) is 5.56. The summed E-state index contributed by atoms with van der Waals surface area (Å²) in [7, 11) is 0. The molecule has 1 saturated heterocycles. The molecule has 1 aliphatic heterocycles. The molecule has 1 amide bonds. The predicted octanol–water partition coefficient (Wildman–Crippen LogP) is 2.04. The molecule has 0 aliphatic carbocycles. The molecule has 1 fully saturated rings. The fraction of sp³-hybridized carbons (Fsp3) is 0.429. The number of nitrogens with two attached hydrogens (primary N) is 1. The first-order valence-electron chi connectivity index (χ1n) is 6.52. The van der Waals surface area contributed by atoms with Crippen molar-refractivity contribution < 1.29 is 9.53 Å². The number of hydrogen-bond donors (Lipinski definition) is 1. The lowest BCUT2D eigenvalue weighted by molar-refractivity contribution is 0.209. The molecule has 2 heterocycles. The molecule has 0 radical (unpaired) electrons. The van der Waals surface area contributed by atoms with E-state index in [-0.39, 0.29) is 5.88 Å². The van der Waals surface area contributed by atoms with Crippen LogP contribution in [0.1, 0.15) is 25.3 Å². The van der Waals surface area contributed by atoms with Gasteiger partial charge in [0.2, 0.25) is 5.88 Å². The Hall–Kier alpha value is -1.88. The van der Waals surface area contributed by atoms with Gasteiger partial charge in [-0.25, -0.2) is 9.78 Å². The van der Waals surface area contributed by atoms with Crippen LogP contribution in [0.5, 0.6) is 5.88 Å². The lowest BCUT2D eigenvalue weighted by Crippen LogP contribution is -2.30. The average Bonchev–Trinajstić information content (AvgIpc) is 2.41. The van der Waals surface area contributed by atoms with Crippen molar-refractivity contribution in [3.05, 3.63) is 29.5 Å². The molecule has 0 spiro atoms. The molecule has 1 aromatic rings. The fourth-order valence-corrected chi connectivity index (χ4v) is 2.18. The number of primary amides is 1. The maximum atomic E-state index is 10.6. The zero-order valence-electron chi connectivity index (χ0n) is 11.1. The van der Waals surface area contributed by atoms with E-state index in [0.29, 0.717) is 0 Å². The maximum absolute atomic E-state index is 10.6. The van der Waals surface area contributed by atoms with Gasteiger partial charge in [0.25, 0.3) is 0 Å². The van der Waals surface area contributed by atoms with Gasteiger partial charge in [-0.3, -0.25) is 0 Å². The van der Waals surface area contributed by atoms with Crippen molar-refractivity contribution in [1.82, 2.24) is 9.88 Å². The van der Waals surface area contributed by atoms with Crippen LogP contribution in [0, 0.1) is 0 Å². The van der Waals surface area contributed by atoms with Crippen molar-refractivity contribution in [3.63, 3.8) is 0 Å². The summed E-state index contributed by atoms with van der Waals surface area (Å²) in [4.78, 5) is 17.1. The topological polar surface area (TPSA) is 68.5 Å². The second-order valence-corrected chi connectivity index (χ2v) is 4.59. The Morgan fingerprint density at radius 3 is 2.74 bits per heavy atom. The number of rotatable bonds is 3. The summed E-state index contributed by atoms with van der Waals surface area (Å²) in [6.07, 6.45) is 5.22. The minimum Gasteiger partial charge on any atom is -0.391 e. The van der Waals surface area contributed by atoms with Crippen LogP contribution < -0.4 is 10.5 Å². The Morgan fingerprint density at radius 2 is 2.21 bits per heavy atom. The Morgan fingerprint density at radius 1 is 1.47 bits per heavy atom. The van der Waals surface area contributed by atoms with Gasteiger partial charge in [0.15, 0.2) is 0 Å². The third-order valence-corrected chi connectivity index (χ3v) is 3.28. The van der Waals surface area contributed by atoms with E-state index in [1.54, 1.807) is 12.3 Å². The number of hydrogen-bond acceptors (Lipinski definition) is 4. The average molecular weight is 261 g/mol. The van der Waals surface area contributed by atoms with Crippen LogP contribution in [0.4, 0.5) is 4.79 Å². The van der Waals surface area contributed by atoms with Gasteiger partial charge in [0.05, 0.1) is 0 Å². The summed E-state index contributed by atoms with van der Waals surface area (Å²) in [5.41, 5.74) is 7.39. The number of amides is 1. The molecule has 2 rings (SSSR count). The van der Waals surface area contributed by atoms with Gasteiger partial charge < -0.3 is 15.4 Å². The highest BCUT2D eigenvalue weighted by Gasteiger charge is 2.11. The smallest absolute Gasteiger partial charge is 0.391 e. The van der Waals surface area contributed by atoms with Crippen molar-refractivity contribution in [3.8, 4) is 5.88 Å². The SMILES string of the molecule is CCN1CCC(=Cc2ccc(OC(N)=O)nc2)CC1. The number of carbonyl (C=O) groups is 1. The van der Waals surface area contributed by atoms with Crippen LogP contribution in [-0.4, -0.2) is 35.6 Å². The van der Waals surface area contributed by atoms with Crippen LogP contribution in [0.25, 0.3) is 6.08 Å². The summed E-state index contributed by atoms with van der Waals surface area (Å²) < 4.78 is 4.69. The van der Waals surface area contributed by atoms with E-state index in [9.17, 15) is 4.79 Å². The molecule has 0 bridgehead atoms. The first-order chi connectivity index (χ1) is 9.17. The summed E-state index contributed by atoms with van der Waals surface area (Å²) >= 11 is 0. The van der Waals surface area contributed by atoms with Gasteiger partial charge in [-0.2, -0.15) is 0 Å². The van der Waals surface area contributed by atoms with E-state index in [1.807, 2.05) is 6.07 Å². The Balaban J connectivity index is 1.97. The minimum absolute atomic E-state index is 0.232. The molecule has 0 unspecified atom stereocenters. The first kappa shape index (κ1) is 13.5. The first-order valence-corrected chi connectivity index (χ1v) is 6.52. The molecule has 1 aromatic heterocycles. The zero-order chi connectivity index (χ0) is 13.7. The molecular formula is C14H19N3O2. The number of likely N-dealkylation sites (tertiary alicyclic amines) is 1. The van der Waals surface area contributed by atoms with Crippen LogP contribution in [0.3, 0.4) is 0 Å². The Bertz CT molecular complexity index is 458. The van der Waals surface area contributed by atoms with E-state index in [4.69, 9.17) is 5.73 Å². The van der Waals surface area contributed by atoms with Crippen molar-refractivity contribution in [2.45, 2.75) is 19.8 Å². The van der Waals surface area contributed by atoms with Gasteiger partial charge in [0.1, 0.15) is 0 Å². The third kappa shape index (κ3) is 4.06. The quantitative estimate of drug-likeness (QED) is 0.904. The van der Waals surface area contributed by atoms with Crippen molar-refractivity contribution in [1.29, 1.82) is 0 Å². The molecule has 5 nitrogen and oxygen atoms in total. The summed E-state index contributed by atoms with van der Waals surface area (Å²) in [5, 5.41) is 0. The largest absolute Gasteiger partial charge is 0.411 e. The van der Waals surface area contributed by atoms with Gasteiger partial charge >= 0.3 is 6.09 Å². The maximum Gasteiger partial charge on any atom is 0.411 e. The van der Waals surface area contributed by atoms with Gasteiger partial charge in [-0.1, -0.05) is 18.6 Å². The molecule has 1 aliphatic rings. The number of carbonyl (C=O) groups excluding carboxylic acids is 1. The molecule has 5 heteroatoms. The van der Waals surface area contributed by atoms with E-state index in [0.717, 1.165) is 38.0 Å². The van der Waals surface area contributed by atoms with Crippen LogP contribution >= 0.6 is 0 Å². The van der Waals surface area contributed by atoms with Crippen LogP contribution in [0.2, 0.25) is 0 Å². The van der Waals surface area contributed by atoms with Crippen molar-refractivity contribution in [2.75, 3.05) is 19.6 Å². The number of piperidine rings is 1.